The zero-order chi connectivity index (χ0) is 22.8. The predicted octanol–water partition coefficient (Wildman–Crippen LogP) is 4.99. The molecule has 168 valence electrons. The van der Waals surface area contributed by atoms with E-state index in [0.717, 1.165) is 21.4 Å². The molecule has 0 N–H and O–H groups in total. The lowest BCUT2D eigenvalue weighted by Gasteiger charge is -2.18. The molecule has 0 bridgehead atoms. The number of carbonyl (C=O) groups is 1. The average Bonchev–Trinajstić information content (AvgIpc) is 3.58. The fraction of sp³-hybridized carbons (Fsp3) is 0.208. The van der Waals surface area contributed by atoms with E-state index in [-0.39, 0.29) is 11.7 Å². The van der Waals surface area contributed by atoms with E-state index in [9.17, 15) is 4.79 Å². The van der Waals surface area contributed by atoms with Crippen LogP contribution in [0.15, 0.2) is 65.3 Å². The summed E-state index contributed by atoms with van der Waals surface area (Å²) < 4.78 is 19.7. The number of anilines is 1. The first kappa shape index (κ1) is 21.0. The molecule has 0 saturated heterocycles. The zero-order valence-electron chi connectivity index (χ0n) is 18.2. The highest BCUT2D eigenvalue weighted by atomic mass is 32.1. The van der Waals surface area contributed by atoms with Gasteiger partial charge in [-0.25, -0.2) is 4.98 Å². The first-order valence-electron chi connectivity index (χ1n) is 10.6. The molecule has 8 nitrogen and oxygen atoms in total. The fourth-order valence-corrected chi connectivity index (χ4v) is 4.62. The Kier molecular flexibility index (Phi) is 5.70. The monoisotopic (exact) mass is 462 g/mol. The van der Waals surface area contributed by atoms with Crippen LogP contribution in [0.25, 0.3) is 21.2 Å². The van der Waals surface area contributed by atoms with E-state index in [1.54, 1.807) is 29.0 Å². The van der Waals surface area contributed by atoms with E-state index in [0.29, 0.717) is 36.2 Å². The van der Waals surface area contributed by atoms with Crippen LogP contribution >= 0.6 is 11.3 Å². The van der Waals surface area contributed by atoms with Crippen LogP contribution in [0, 0.1) is 0 Å². The lowest BCUT2D eigenvalue weighted by atomic mass is 10.2. The van der Waals surface area contributed by atoms with Crippen molar-refractivity contribution in [2.24, 2.45) is 0 Å². The number of rotatable bonds is 8. The molecular formula is C24H22N4O4S. The molecule has 33 heavy (non-hydrogen) atoms. The third kappa shape index (κ3) is 4.14. The van der Waals surface area contributed by atoms with Crippen molar-refractivity contribution >= 4 is 43.6 Å². The normalized spacial score (nSPS) is 11.2. The molecule has 3 heterocycles. The third-order valence-corrected chi connectivity index (χ3v) is 6.23. The summed E-state index contributed by atoms with van der Waals surface area (Å²) in [5.41, 5.74) is 1.36. The van der Waals surface area contributed by atoms with Crippen LogP contribution in [-0.4, -0.2) is 40.9 Å². The number of para-hydroxylation sites is 1. The molecule has 5 aromatic rings. The van der Waals surface area contributed by atoms with Crippen LogP contribution in [0.5, 0.6) is 11.5 Å². The maximum Gasteiger partial charge on any atom is 0.295 e. The van der Waals surface area contributed by atoms with E-state index in [1.807, 2.05) is 55.6 Å². The van der Waals surface area contributed by atoms with Gasteiger partial charge in [0.25, 0.3) is 5.91 Å². The SMILES string of the molecule is CCOc1cccc2cc(C(=O)N(CCn3cccn3)c3nc4ccc(OC)cc4s3)oc12. The number of hydrogen-bond donors (Lipinski definition) is 0. The lowest BCUT2D eigenvalue weighted by Crippen LogP contribution is -2.33. The van der Waals surface area contributed by atoms with Crippen molar-refractivity contribution in [1.29, 1.82) is 0 Å². The minimum absolute atomic E-state index is 0.231. The van der Waals surface area contributed by atoms with Gasteiger partial charge in [0.2, 0.25) is 0 Å². The highest BCUT2D eigenvalue weighted by Crippen LogP contribution is 2.34. The summed E-state index contributed by atoms with van der Waals surface area (Å²) >= 11 is 1.43. The Labute approximate surface area is 194 Å². The van der Waals surface area contributed by atoms with Gasteiger partial charge >= 0.3 is 0 Å². The summed E-state index contributed by atoms with van der Waals surface area (Å²) in [6.45, 7) is 3.32. The lowest BCUT2D eigenvalue weighted by molar-refractivity contribution is 0.0961. The van der Waals surface area contributed by atoms with Gasteiger partial charge in [-0.1, -0.05) is 23.5 Å². The second-order valence-electron chi connectivity index (χ2n) is 7.27. The summed E-state index contributed by atoms with van der Waals surface area (Å²) in [6, 6.07) is 14.9. The Hall–Kier alpha value is -3.85. The number of benzene rings is 2. The highest BCUT2D eigenvalue weighted by molar-refractivity contribution is 7.22. The summed E-state index contributed by atoms with van der Waals surface area (Å²) in [7, 11) is 1.63. The predicted molar refractivity (Wildman–Crippen MR) is 127 cm³/mol. The molecule has 0 radical (unpaired) electrons. The number of methoxy groups -OCH3 is 1. The summed E-state index contributed by atoms with van der Waals surface area (Å²) in [4.78, 5) is 20.0. The molecule has 0 aliphatic heterocycles. The number of hydrogen-bond acceptors (Lipinski definition) is 7. The molecule has 0 unspecified atom stereocenters. The molecule has 0 spiro atoms. The van der Waals surface area contributed by atoms with Gasteiger partial charge in [-0.15, -0.1) is 0 Å². The van der Waals surface area contributed by atoms with Crippen molar-refractivity contribution in [3.8, 4) is 11.5 Å². The quantitative estimate of drug-likeness (QED) is 0.323. The van der Waals surface area contributed by atoms with E-state index < -0.39 is 0 Å². The van der Waals surface area contributed by atoms with Crippen molar-refractivity contribution < 1.29 is 18.7 Å². The molecule has 9 heteroatoms. The van der Waals surface area contributed by atoms with Crippen molar-refractivity contribution in [3.63, 3.8) is 0 Å². The molecule has 0 fully saturated rings. The van der Waals surface area contributed by atoms with E-state index >= 15 is 0 Å². The summed E-state index contributed by atoms with van der Waals surface area (Å²) in [5.74, 6) is 1.32. The number of fused-ring (bicyclic) bond motifs is 2. The Morgan fingerprint density at radius 3 is 2.91 bits per heavy atom. The second-order valence-corrected chi connectivity index (χ2v) is 8.28. The molecule has 5 rings (SSSR count). The van der Waals surface area contributed by atoms with E-state index in [2.05, 4.69) is 5.10 Å². The minimum Gasteiger partial charge on any atom is -0.497 e. The van der Waals surface area contributed by atoms with Crippen molar-refractivity contribution in [2.45, 2.75) is 13.5 Å². The Balaban J connectivity index is 1.53. The van der Waals surface area contributed by atoms with Crippen LogP contribution in [0.1, 0.15) is 17.5 Å². The Bertz CT molecular complexity index is 1410. The first-order chi connectivity index (χ1) is 16.2. The first-order valence-corrected chi connectivity index (χ1v) is 11.4. The van der Waals surface area contributed by atoms with Crippen LogP contribution in [0.2, 0.25) is 0 Å². The van der Waals surface area contributed by atoms with Crippen molar-refractivity contribution in [1.82, 2.24) is 14.8 Å². The molecule has 0 aliphatic rings. The highest BCUT2D eigenvalue weighted by Gasteiger charge is 2.25. The van der Waals surface area contributed by atoms with Crippen LogP contribution < -0.4 is 14.4 Å². The third-order valence-electron chi connectivity index (χ3n) is 5.19. The number of nitrogens with zero attached hydrogens (tertiary/aromatic N) is 4. The summed E-state index contributed by atoms with van der Waals surface area (Å²) in [6.07, 6.45) is 3.58. The van der Waals surface area contributed by atoms with Crippen LogP contribution in [0.3, 0.4) is 0 Å². The topological polar surface area (TPSA) is 82.6 Å². The largest absolute Gasteiger partial charge is 0.497 e. The number of furan rings is 1. The number of amides is 1. The second kappa shape index (κ2) is 8.95. The number of thiazole rings is 1. The molecule has 1 amide bonds. The van der Waals surface area contributed by atoms with Gasteiger partial charge in [-0.2, -0.15) is 5.10 Å². The van der Waals surface area contributed by atoms with Gasteiger partial charge < -0.3 is 13.9 Å². The summed E-state index contributed by atoms with van der Waals surface area (Å²) in [5, 5.41) is 5.65. The van der Waals surface area contributed by atoms with Gasteiger partial charge in [-0.3, -0.25) is 14.4 Å². The van der Waals surface area contributed by atoms with Crippen molar-refractivity contribution in [2.75, 3.05) is 25.2 Å². The van der Waals surface area contributed by atoms with Crippen LogP contribution in [0.4, 0.5) is 5.13 Å². The molecule has 3 aromatic heterocycles. The number of aromatic nitrogens is 3. The van der Waals surface area contributed by atoms with Crippen molar-refractivity contribution in [3.05, 3.63) is 66.7 Å². The Morgan fingerprint density at radius 1 is 1.21 bits per heavy atom. The van der Waals surface area contributed by atoms with Crippen LogP contribution in [-0.2, 0) is 6.54 Å². The Morgan fingerprint density at radius 2 is 2.12 bits per heavy atom. The van der Waals surface area contributed by atoms with Gasteiger partial charge in [0.15, 0.2) is 22.2 Å². The number of ether oxygens (including phenoxy) is 2. The van der Waals surface area contributed by atoms with E-state index in [1.165, 1.54) is 11.3 Å². The van der Waals surface area contributed by atoms with Gasteiger partial charge in [0, 0.05) is 24.3 Å². The van der Waals surface area contributed by atoms with Gasteiger partial charge in [0.1, 0.15) is 5.75 Å². The molecule has 0 atom stereocenters. The zero-order valence-corrected chi connectivity index (χ0v) is 19.0. The van der Waals surface area contributed by atoms with Gasteiger partial charge in [-0.05, 0) is 43.3 Å². The molecule has 2 aromatic carbocycles. The molecule has 0 aliphatic carbocycles. The van der Waals surface area contributed by atoms with E-state index in [4.69, 9.17) is 18.9 Å². The maximum absolute atomic E-state index is 13.6. The molecular weight excluding hydrogens is 440 g/mol. The average molecular weight is 463 g/mol. The molecule has 0 saturated carbocycles. The fourth-order valence-electron chi connectivity index (χ4n) is 3.60. The maximum atomic E-state index is 13.6. The smallest absolute Gasteiger partial charge is 0.295 e. The minimum atomic E-state index is -0.271. The van der Waals surface area contributed by atoms with Gasteiger partial charge in [0.05, 0.1) is 30.5 Å². The standard InChI is InChI=1S/C24H22N4O4S/c1-3-31-19-7-4-6-16-14-20(32-22(16)19)23(29)28(13-12-27-11-5-10-25-27)24-26-18-9-8-17(30-2)15-21(18)33-24/h4-11,14-15H,3,12-13H2,1-2H3. The number of carbonyl (C=O) groups excluding carboxylic acids is 1.